The number of nitrogens with zero attached hydrogens (tertiary/aromatic N) is 3. The van der Waals surface area contributed by atoms with Gasteiger partial charge in [0.25, 0.3) is 5.91 Å². The van der Waals surface area contributed by atoms with Crippen molar-refractivity contribution < 1.29 is 15.0 Å². The van der Waals surface area contributed by atoms with Gasteiger partial charge in [0.1, 0.15) is 5.82 Å². The fourth-order valence-corrected chi connectivity index (χ4v) is 2.10. The Morgan fingerprint density at radius 3 is 2.50 bits per heavy atom. The van der Waals surface area contributed by atoms with E-state index in [0.29, 0.717) is 11.5 Å². The second-order valence-corrected chi connectivity index (χ2v) is 5.24. The van der Waals surface area contributed by atoms with Crippen LogP contribution in [0.3, 0.4) is 0 Å². The van der Waals surface area contributed by atoms with Crippen molar-refractivity contribution in [1.29, 1.82) is 0 Å². The molecule has 1 aliphatic rings. The van der Waals surface area contributed by atoms with Crippen LogP contribution < -0.4 is 5.32 Å². The lowest BCUT2D eigenvalue weighted by molar-refractivity contribution is 0.0572. The number of rotatable bonds is 3. The first-order valence-electron chi connectivity index (χ1n) is 6.64. The number of anilines is 1. The van der Waals surface area contributed by atoms with E-state index < -0.39 is 12.2 Å². The number of aliphatic hydroxyl groups excluding tert-OH is 2. The summed E-state index contributed by atoms with van der Waals surface area (Å²) in [7, 11) is 1.69. The summed E-state index contributed by atoms with van der Waals surface area (Å²) in [6.07, 6.45) is -0.217. The van der Waals surface area contributed by atoms with Gasteiger partial charge in [-0.3, -0.25) is 4.79 Å². The Bertz CT molecular complexity index is 496. The molecule has 0 radical (unpaired) electrons. The Morgan fingerprint density at radius 1 is 1.40 bits per heavy atom. The van der Waals surface area contributed by atoms with Crippen LogP contribution in [0.15, 0.2) is 6.20 Å². The topological polar surface area (TPSA) is 98.6 Å². The van der Waals surface area contributed by atoms with Gasteiger partial charge < -0.3 is 20.4 Å². The molecule has 0 saturated carbocycles. The molecular formula is C13H20N4O3. The Morgan fingerprint density at radius 2 is 2.00 bits per heavy atom. The van der Waals surface area contributed by atoms with E-state index >= 15 is 0 Å². The quantitative estimate of drug-likeness (QED) is 0.710. The smallest absolute Gasteiger partial charge is 0.274 e. The van der Waals surface area contributed by atoms with Gasteiger partial charge in [-0.15, -0.1) is 0 Å². The molecule has 2 unspecified atom stereocenters. The summed E-state index contributed by atoms with van der Waals surface area (Å²) in [4.78, 5) is 22.4. The molecule has 7 heteroatoms. The van der Waals surface area contributed by atoms with Crippen LogP contribution in [0.5, 0.6) is 0 Å². The third-order valence-electron chi connectivity index (χ3n) is 3.34. The summed E-state index contributed by atoms with van der Waals surface area (Å²) < 4.78 is 0. The van der Waals surface area contributed by atoms with Gasteiger partial charge in [0.2, 0.25) is 0 Å². The number of carbonyl (C=O) groups excluding carboxylic acids is 1. The molecule has 0 aromatic carbocycles. The zero-order valence-corrected chi connectivity index (χ0v) is 11.9. The van der Waals surface area contributed by atoms with E-state index in [1.54, 1.807) is 13.2 Å². The summed E-state index contributed by atoms with van der Waals surface area (Å²) in [6.45, 7) is 4.13. The zero-order valence-electron chi connectivity index (χ0n) is 11.9. The van der Waals surface area contributed by atoms with Crippen LogP contribution >= 0.6 is 0 Å². The third kappa shape index (κ3) is 2.73. The van der Waals surface area contributed by atoms with Crippen LogP contribution in [-0.2, 0) is 0 Å². The number of aromatic nitrogens is 2. The number of nitrogens with one attached hydrogen (secondary N) is 1. The molecule has 1 aliphatic heterocycles. The molecule has 7 nitrogen and oxygen atoms in total. The summed E-state index contributed by atoms with van der Waals surface area (Å²) in [5, 5.41) is 22.0. The van der Waals surface area contributed by atoms with Crippen LogP contribution in [0.2, 0.25) is 0 Å². The van der Waals surface area contributed by atoms with Crippen molar-refractivity contribution in [2.75, 3.05) is 25.5 Å². The van der Waals surface area contributed by atoms with Gasteiger partial charge in [-0.2, -0.15) is 0 Å². The van der Waals surface area contributed by atoms with E-state index in [2.05, 4.69) is 15.3 Å². The van der Waals surface area contributed by atoms with Crippen molar-refractivity contribution in [1.82, 2.24) is 14.9 Å². The van der Waals surface area contributed by atoms with Gasteiger partial charge in [0.05, 0.1) is 24.1 Å². The number of hydrogen-bond acceptors (Lipinski definition) is 6. The Kier molecular flexibility index (Phi) is 4.20. The van der Waals surface area contributed by atoms with Crippen molar-refractivity contribution in [3.8, 4) is 0 Å². The number of carbonyl (C=O) groups is 1. The van der Waals surface area contributed by atoms with E-state index in [1.807, 2.05) is 13.8 Å². The summed E-state index contributed by atoms with van der Waals surface area (Å²) in [5.41, 5.74) is 0.808. The maximum atomic E-state index is 12.5. The lowest BCUT2D eigenvalue weighted by Crippen LogP contribution is -2.31. The molecule has 1 amide bonds. The normalized spacial score (nSPS) is 22.4. The van der Waals surface area contributed by atoms with Crippen LogP contribution in [-0.4, -0.2) is 63.3 Å². The van der Waals surface area contributed by atoms with E-state index in [0.717, 1.165) is 0 Å². The van der Waals surface area contributed by atoms with Gasteiger partial charge in [0, 0.05) is 26.1 Å². The second kappa shape index (κ2) is 5.72. The molecule has 0 aliphatic carbocycles. The molecule has 110 valence electrons. The lowest BCUT2D eigenvalue weighted by Gasteiger charge is -2.17. The molecule has 1 saturated heterocycles. The summed E-state index contributed by atoms with van der Waals surface area (Å²) >= 11 is 0. The largest absolute Gasteiger partial charge is 0.388 e. The minimum Gasteiger partial charge on any atom is -0.388 e. The van der Waals surface area contributed by atoms with Gasteiger partial charge in [0.15, 0.2) is 5.69 Å². The Hall–Kier alpha value is -1.73. The van der Waals surface area contributed by atoms with Crippen LogP contribution in [0.25, 0.3) is 0 Å². The summed E-state index contributed by atoms with van der Waals surface area (Å²) in [6, 6.07) is 0. The predicted octanol–water partition coefficient (Wildman–Crippen LogP) is -0.181. The number of amides is 1. The first-order chi connectivity index (χ1) is 9.43. The molecule has 1 aromatic heterocycles. The SMILES string of the molecule is CNc1cnc(C(C)C)nc1C(=O)N1CC(O)C(O)C1. The molecule has 3 N–H and O–H groups in total. The molecule has 2 rings (SSSR count). The molecule has 0 bridgehead atoms. The van der Waals surface area contributed by atoms with Gasteiger partial charge in [-0.25, -0.2) is 9.97 Å². The Labute approximate surface area is 117 Å². The number of likely N-dealkylation sites (tertiary alicyclic amines) is 1. The van der Waals surface area contributed by atoms with Crippen molar-refractivity contribution in [3.05, 3.63) is 17.7 Å². The average molecular weight is 280 g/mol. The first-order valence-corrected chi connectivity index (χ1v) is 6.64. The monoisotopic (exact) mass is 280 g/mol. The third-order valence-corrected chi connectivity index (χ3v) is 3.34. The lowest BCUT2D eigenvalue weighted by atomic mass is 10.2. The van der Waals surface area contributed by atoms with E-state index in [9.17, 15) is 15.0 Å². The van der Waals surface area contributed by atoms with Crippen molar-refractivity contribution in [2.45, 2.75) is 32.0 Å². The predicted molar refractivity (Wildman–Crippen MR) is 73.6 cm³/mol. The molecule has 1 fully saturated rings. The number of aliphatic hydroxyl groups is 2. The fourth-order valence-electron chi connectivity index (χ4n) is 2.10. The molecule has 1 aromatic rings. The molecule has 0 spiro atoms. The Balaban J connectivity index is 2.30. The molecule has 20 heavy (non-hydrogen) atoms. The van der Waals surface area contributed by atoms with Crippen LogP contribution in [0.1, 0.15) is 36.1 Å². The van der Waals surface area contributed by atoms with E-state index in [-0.39, 0.29) is 30.6 Å². The number of hydrogen-bond donors (Lipinski definition) is 3. The van der Waals surface area contributed by atoms with Gasteiger partial charge >= 0.3 is 0 Å². The van der Waals surface area contributed by atoms with E-state index in [1.165, 1.54) is 4.90 Å². The maximum absolute atomic E-state index is 12.5. The summed E-state index contributed by atoms with van der Waals surface area (Å²) in [5.74, 6) is 0.393. The van der Waals surface area contributed by atoms with Crippen molar-refractivity contribution >= 4 is 11.6 Å². The highest BCUT2D eigenvalue weighted by Gasteiger charge is 2.34. The van der Waals surface area contributed by atoms with Crippen molar-refractivity contribution in [3.63, 3.8) is 0 Å². The highest BCUT2D eigenvalue weighted by Crippen LogP contribution is 2.20. The zero-order chi connectivity index (χ0) is 14.9. The van der Waals surface area contributed by atoms with Crippen LogP contribution in [0, 0.1) is 0 Å². The highest BCUT2D eigenvalue weighted by atomic mass is 16.3. The average Bonchev–Trinajstić information content (AvgIpc) is 2.77. The molecule has 2 heterocycles. The standard InChI is InChI=1S/C13H20N4O3/c1-7(2)12-15-4-8(14-3)11(16-12)13(20)17-5-9(18)10(19)6-17/h4,7,9-10,14,18-19H,5-6H2,1-3H3. The fraction of sp³-hybridized carbons (Fsp3) is 0.615. The van der Waals surface area contributed by atoms with E-state index in [4.69, 9.17) is 0 Å². The van der Waals surface area contributed by atoms with Gasteiger partial charge in [-0.1, -0.05) is 13.8 Å². The second-order valence-electron chi connectivity index (χ2n) is 5.24. The first kappa shape index (κ1) is 14.7. The molecular weight excluding hydrogens is 260 g/mol. The van der Waals surface area contributed by atoms with Gasteiger partial charge in [-0.05, 0) is 0 Å². The highest BCUT2D eigenvalue weighted by molar-refractivity contribution is 5.97. The maximum Gasteiger partial charge on any atom is 0.274 e. The number of β-amino-alcohol motifs (C(OH)–C–C–N with tert-alkyl or cyclic N) is 2. The minimum absolute atomic E-state index is 0.113. The minimum atomic E-state index is -0.900. The van der Waals surface area contributed by atoms with Crippen molar-refractivity contribution in [2.24, 2.45) is 0 Å². The molecule has 2 atom stereocenters. The van der Waals surface area contributed by atoms with Crippen LogP contribution in [0.4, 0.5) is 5.69 Å².